The Labute approximate surface area is 196 Å². The van der Waals surface area contributed by atoms with Crippen LogP contribution >= 0.6 is 0 Å². The van der Waals surface area contributed by atoms with Crippen LogP contribution in [0.25, 0.3) is 11.0 Å². The number of benzene rings is 2. The molecule has 0 spiro atoms. The number of likely N-dealkylation sites (tertiary alicyclic amines) is 1. The number of phenols is 1. The van der Waals surface area contributed by atoms with Crippen molar-refractivity contribution in [3.05, 3.63) is 76.1 Å². The Morgan fingerprint density at radius 1 is 1.03 bits per heavy atom. The van der Waals surface area contributed by atoms with Crippen LogP contribution in [0, 0.1) is 0 Å². The topological polar surface area (TPSA) is 100 Å². The molecule has 0 bridgehead atoms. The number of hydrogen-bond donors (Lipinski definition) is 1. The molecule has 2 fully saturated rings. The number of carbonyl (C=O) groups is 2. The molecule has 2 amide bonds. The number of piperidine rings is 1. The molecule has 5 rings (SSSR count). The Kier molecular flexibility index (Phi) is 5.96. The zero-order valence-electron chi connectivity index (χ0n) is 18.7. The van der Waals surface area contributed by atoms with E-state index in [1.807, 2.05) is 23.1 Å². The van der Waals surface area contributed by atoms with Crippen LogP contribution in [0.4, 0.5) is 4.79 Å². The van der Waals surface area contributed by atoms with Gasteiger partial charge in [-0.1, -0.05) is 30.3 Å². The van der Waals surface area contributed by atoms with Crippen LogP contribution < -0.4 is 5.63 Å². The van der Waals surface area contributed by atoms with Gasteiger partial charge < -0.3 is 19.2 Å². The molecular weight excluding hydrogens is 436 g/mol. The van der Waals surface area contributed by atoms with E-state index < -0.39 is 5.63 Å². The van der Waals surface area contributed by atoms with Gasteiger partial charge in [-0.05, 0) is 42.5 Å². The normalized spacial score (nSPS) is 18.9. The van der Waals surface area contributed by atoms with Gasteiger partial charge >= 0.3 is 11.7 Å². The van der Waals surface area contributed by atoms with E-state index in [4.69, 9.17) is 9.15 Å². The lowest BCUT2D eigenvalue weighted by Gasteiger charge is -2.38. The zero-order valence-corrected chi connectivity index (χ0v) is 18.7. The lowest BCUT2D eigenvalue weighted by atomic mass is 9.98. The minimum atomic E-state index is -0.559. The molecule has 1 N–H and O–H groups in total. The van der Waals surface area contributed by atoms with E-state index in [9.17, 15) is 19.5 Å². The molecule has 2 aromatic carbocycles. The maximum atomic E-state index is 13.0. The van der Waals surface area contributed by atoms with Crippen LogP contribution in [-0.2, 0) is 22.4 Å². The Bertz CT molecular complexity index is 1260. The van der Waals surface area contributed by atoms with Crippen LogP contribution in [0.5, 0.6) is 5.75 Å². The third-order valence-corrected chi connectivity index (χ3v) is 6.68. The van der Waals surface area contributed by atoms with E-state index in [2.05, 4.69) is 12.1 Å². The van der Waals surface area contributed by atoms with Crippen molar-refractivity contribution in [2.75, 3.05) is 19.7 Å². The number of hydrogen-bond acceptors (Lipinski definition) is 6. The Morgan fingerprint density at radius 3 is 2.56 bits per heavy atom. The summed E-state index contributed by atoms with van der Waals surface area (Å²) in [5.74, 6) is -0.0875. The van der Waals surface area contributed by atoms with Gasteiger partial charge in [0.15, 0.2) is 0 Å². The van der Waals surface area contributed by atoms with E-state index in [0.717, 1.165) is 12.0 Å². The summed E-state index contributed by atoms with van der Waals surface area (Å²) in [6, 6.07) is 15.9. The molecule has 176 valence electrons. The quantitative estimate of drug-likeness (QED) is 0.585. The number of carbonyl (C=O) groups excluding carboxylic acids is 2. The fourth-order valence-electron chi connectivity index (χ4n) is 5.00. The summed E-state index contributed by atoms with van der Waals surface area (Å²) < 4.78 is 10.5. The first-order valence-corrected chi connectivity index (χ1v) is 11.5. The average molecular weight is 463 g/mol. The highest BCUT2D eigenvalue weighted by Gasteiger charge is 2.39. The first-order chi connectivity index (χ1) is 16.5. The zero-order chi connectivity index (χ0) is 23.7. The number of fused-ring (bicyclic) bond motifs is 1. The molecule has 1 aromatic heterocycles. The molecule has 2 aliphatic rings. The standard InChI is InChI=1S/C26H26N2O6/c29-21-6-7-22-18(14-25(31)34-23(22)15-21)13-24(30)27-10-8-19(9-11-27)28-20(16-33-26(28)32)12-17-4-2-1-3-5-17/h1-7,14-15,19-20,29H,8-13,16H2. The molecule has 2 saturated heterocycles. The minimum absolute atomic E-state index is 0.00604. The van der Waals surface area contributed by atoms with Crippen molar-refractivity contribution in [3.63, 3.8) is 0 Å². The Morgan fingerprint density at radius 2 is 1.79 bits per heavy atom. The van der Waals surface area contributed by atoms with Crippen LogP contribution in [-0.4, -0.2) is 58.7 Å². The van der Waals surface area contributed by atoms with Crippen molar-refractivity contribution in [1.82, 2.24) is 9.80 Å². The largest absolute Gasteiger partial charge is 0.508 e. The lowest BCUT2D eigenvalue weighted by molar-refractivity contribution is -0.131. The van der Waals surface area contributed by atoms with Crippen molar-refractivity contribution < 1.29 is 23.8 Å². The summed E-state index contributed by atoms with van der Waals surface area (Å²) >= 11 is 0. The van der Waals surface area contributed by atoms with E-state index in [-0.39, 0.29) is 41.8 Å². The molecule has 0 saturated carbocycles. The third kappa shape index (κ3) is 4.48. The van der Waals surface area contributed by atoms with Gasteiger partial charge in [-0.2, -0.15) is 0 Å². The summed E-state index contributed by atoms with van der Waals surface area (Å²) in [5.41, 5.74) is 1.43. The van der Waals surface area contributed by atoms with Crippen molar-refractivity contribution in [1.29, 1.82) is 0 Å². The fraction of sp³-hybridized carbons (Fsp3) is 0.346. The monoisotopic (exact) mass is 462 g/mol. The summed E-state index contributed by atoms with van der Waals surface area (Å²) in [4.78, 5) is 41.1. The second-order valence-electron chi connectivity index (χ2n) is 8.89. The van der Waals surface area contributed by atoms with Gasteiger partial charge in [-0.25, -0.2) is 9.59 Å². The molecule has 1 unspecified atom stereocenters. The second-order valence-corrected chi connectivity index (χ2v) is 8.89. The molecule has 0 radical (unpaired) electrons. The van der Waals surface area contributed by atoms with E-state index in [0.29, 0.717) is 43.5 Å². The molecular formula is C26H26N2O6. The van der Waals surface area contributed by atoms with Crippen molar-refractivity contribution in [2.24, 2.45) is 0 Å². The number of ether oxygens (including phenoxy) is 1. The fourth-order valence-corrected chi connectivity index (χ4v) is 5.00. The van der Waals surface area contributed by atoms with Crippen molar-refractivity contribution in [3.8, 4) is 5.75 Å². The van der Waals surface area contributed by atoms with Gasteiger partial charge in [0.1, 0.15) is 17.9 Å². The maximum Gasteiger partial charge on any atom is 0.410 e. The van der Waals surface area contributed by atoms with Gasteiger partial charge in [0.05, 0.1) is 12.5 Å². The SMILES string of the molecule is O=C(Cc1cc(=O)oc2cc(O)ccc12)N1CCC(N2C(=O)OCC2Cc2ccccc2)CC1. The first kappa shape index (κ1) is 22.0. The van der Waals surface area contributed by atoms with Crippen LogP contribution in [0.15, 0.2) is 63.8 Å². The van der Waals surface area contributed by atoms with E-state index in [1.54, 1.807) is 11.0 Å². The highest BCUT2D eigenvalue weighted by Crippen LogP contribution is 2.27. The molecule has 3 heterocycles. The number of phenolic OH excluding ortho intramolecular Hbond substituents is 1. The highest BCUT2D eigenvalue weighted by molar-refractivity contribution is 5.87. The summed E-state index contributed by atoms with van der Waals surface area (Å²) in [6.07, 6.45) is 1.89. The first-order valence-electron chi connectivity index (χ1n) is 11.5. The third-order valence-electron chi connectivity index (χ3n) is 6.68. The van der Waals surface area contributed by atoms with Gasteiger partial charge in [-0.3, -0.25) is 9.69 Å². The van der Waals surface area contributed by atoms with Gasteiger partial charge in [0.2, 0.25) is 5.91 Å². The van der Waals surface area contributed by atoms with Crippen molar-refractivity contribution in [2.45, 2.75) is 37.8 Å². The molecule has 3 aromatic rings. The van der Waals surface area contributed by atoms with Crippen LogP contribution in [0.2, 0.25) is 0 Å². The smallest absolute Gasteiger partial charge is 0.410 e. The predicted octanol–water partition coefficient (Wildman–Crippen LogP) is 3.10. The van der Waals surface area contributed by atoms with Crippen LogP contribution in [0.1, 0.15) is 24.0 Å². The molecule has 1 atom stereocenters. The predicted molar refractivity (Wildman–Crippen MR) is 125 cm³/mol. The summed E-state index contributed by atoms with van der Waals surface area (Å²) in [6.45, 7) is 1.45. The maximum absolute atomic E-state index is 13.0. The lowest BCUT2D eigenvalue weighted by Crippen LogP contribution is -2.50. The minimum Gasteiger partial charge on any atom is -0.508 e. The average Bonchev–Trinajstić information content (AvgIpc) is 3.19. The van der Waals surface area contributed by atoms with E-state index in [1.165, 1.54) is 18.2 Å². The molecule has 0 aliphatic carbocycles. The number of aromatic hydroxyl groups is 1. The van der Waals surface area contributed by atoms with Gasteiger partial charge in [0.25, 0.3) is 0 Å². The van der Waals surface area contributed by atoms with Gasteiger partial charge in [-0.15, -0.1) is 0 Å². The van der Waals surface area contributed by atoms with Gasteiger partial charge in [0, 0.05) is 36.7 Å². The Balaban J connectivity index is 1.24. The number of cyclic esters (lactones) is 1. The van der Waals surface area contributed by atoms with E-state index >= 15 is 0 Å². The number of nitrogens with zero attached hydrogens (tertiary/aromatic N) is 2. The highest BCUT2D eigenvalue weighted by atomic mass is 16.6. The molecule has 2 aliphatic heterocycles. The summed E-state index contributed by atoms with van der Waals surface area (Å²) in [5, 5.41) is 10.3. The summed E-state index contributed by atoms with van der Waals surface area (Å²) in [7, 11) is 0. The van der Waals surface area contributed by atoms with Crippen LogP contribution in [0.3, 0.4) is 0 Å². The molecule has 8 heteroatoms. The molecule has 34 heavy (non-hydrogen) atoms. The Hall–Kier alpha value is -3.81. The number of rotatable bonds is 5. The second kappa shape index (κ2) is 9.21. The van der Waals surface area contributed by atoms with Crippen molar-refractivity contribution >= 4 is 23.0 Å². The molecule has 8 nitrogen and oxygen atoms in total. The number of amides is 2.